The molecule has 4 atom stereocenters. The van der Waals surface area contributed by atoms with Crippen molar-refractivity contribution < 1.29 is 0 Å². The maximum absolute atomic E-state index is 6.44. The van der Waals surface area contributed by atoms with Gasteiger partial charge in [-0.2, -0.15) is 5.10 Å². The molecule has 0 radical (unpaired) electrons. The first-order chi connectivity index (χ1) is 9.58. The fraction of sp³-hybridized carbons (Fsp3) is 0.812. The SMILES string of the molecule is CCc1nn(C)c(CC(N)CC2CC3CCC2C3)c1Br. The van der Waals surface area contributed by atoms with E-state index in [0.29, 0.717) is 0 Å². The number of aryl methyl sites for hydroxylation is 2. The van der Waals surface area contributed by atoms with Crippen molar-refractivity contribution in [3.8, 4) is 0 Å². The first kappa shape index (κ1) is 14.6. The van der Waals surface area contributed by atoms with Gasteiger partial charge >= 0.3 is 0 Å². The topological polar surface area (TPSA) is 43.8 Å². The molecule has 112 valence electrons. The van der Waals surface area contributed by atoms with Crippen LogP contribution in [0.15, 0.2) is 4.47 Å². The molecule has 0 aliphatic heterocycles. The zero-order valence-electron chi connectivity index (χ0n) is 12.6. The summed E-state index contributed by atoms with van der Waals surface area (Å²) in [7, 11) is 2.03. The van der Waals surface area contributed by atoms with Gasteiger partial charge in [0.1, 0.15) is 0 Å². The van der Waals surface area contributed by atoms with E-state index in [1.54, 1.807) is 0 Å². The van der Waals surface area contributed by atoms with Crippen LogP contribution in [0.3, 0.4) is 0 Å². The second kappa shape index (κ2) is 5.80. The molecule has 4 unspecified atom stereocenters. The monoisotopic (exact) mass is 339 g/mol. The summed E-state index contributed by atoms with van der Waals surface area (Å²) < 4.78 is 3.18. The Morgan fingerprint density at radius 3 is 2.75 bits per heavy atom. The lowest BCUT2D eigenvalue weighted by Gasteiger charge is -2.24. The number of nitrogens with zero attached hydrogens (tertiary/aromatic N) is 2. The molecule has 4 heteroatoms. The van der Waals surface area contributed by atoms with Gasteiger partial charge in [-0.1, -0.05) is 13.3 Å². The van der Waals surface area contributed by atoms with Gasteiger partial charge in [0.15, 0.2) is 0 Å². The first-order valence-corrected chi connectivity index (χ1v) is 8.83. The summed E-state index contributed by atoms with van der Waals surface area (Å²) in [6.07, 6.45) is 8.95. The normalized spacial score (nSPS) is 30.1. The standard InChI is InChI=1S/C16H26BrN3/c1-3-14-16(17)15(20(2)19-14)9-13(18)8-12-7-10-4-5-11(12)6-10/h10-13H,3-9,18H2,1-2H3. The third-order valence-electron chi connectivity index (χ3n) is 5.45. The van der Waals surface area contributed by atoms with E-state index in [-0.39, 0.29) is 6.04 Å². The van der Waals surface area contributed by atoms with Crippen molar-refractivity contribution in [1.82, 2.24) is 9.78 Å². The van der Waals surface area contributed by atoms with Gasteiger partial charge in [0.2, 0.25) is 0 Å². The lowest BCUT2D eigenvalue weighted by molar-refractivity contribution is 0.293. The van der Waals surface area contributed by atoms with Gasteiger partial charge in [0, 0.05) is 19.5 Å². The van der Waals surface area contributed by atoms with Crippen LogP contribution in [0.25, 0.3) is 0 Å². The zero-order valence-corrected chi connectivity index (χ0v) is 14.2. The summed E-state index contributed by atoms with van der Waals surface area (Å²) in [5, 5.41) is 4.57. The van der Waals surface area contributed by atoms with Crippen LogP contribution >= 0.6 is 15.9 Å². The van der Waals surface area contributed by atoms with Gasteiger partial charge in [0.25, 0.3) is 0 Å². The van der Waals surface area contributed by atoms with Crippen molar-refractivity contribution in [2.45, 2.75) is 57.9 Å². The molecule has 0 saturated heterocycles. The lowest BCUT2D eigenvalue weighted by atomic mass is 9.83. The molecule has 2 aliphatic rings. The van der Waals surface area contributed by atoms with E-state index in [4.69, 9.17) is 5.73 Å². The quantitative estimate of drug-likeness (QED) is 0.892. The number of nitrogens with two attached hydrogens (primary N) is 1. The van der Waals surface area contributed by atoms with E-state index in [2.05, 4.69) is 28.0 Å². The zero-order chi connectivity index (χ0) is 14.3. The first-order valence-electron chi connectivity index (χ1n) is 8.04. The highest BCUT2D eigenvalue weighted by molar-refractivity contribution is 9.10. The van der Waals surface area contributed by atoms with E-state index in [1.165, 1.54) is 42.3 Å². The van der Waals surface area contributed by atoms with Crippen molar-refractivity contribution in [3.05, 3.63) is 15.9 Å². The molecule has 0 spiro atoms. The van der Waals surface area contributed by atoms with Gasteiger partial charge in [-0.05, 0) is 65.8 Å². The van der Waals surface area contributed by atoms with Crippen LogP contribution in [-0.4, -0.2) is 15.8 Å². The molecule has 1 aromatic rings. The molecule has 0 aromatic carbocycles. The largest absolute Gasteiger partial charge is 0.327 e. The highest BCUT2D eigenvalue weighted by Gasteiger charge is 2.39. The van der Waals surface area contributed by atoms with Gasteiger partial charge < -0.3 is 5.73 Å². The number of hydrogen-bond acceptors (Lipinski definition) is 2. The highest BCUT2D eigenvalue weighted by Crippen LogP contribution is 2.49. The molecule has 0 amide bonds. The molecule has 20 heavy (non-hydrogen) atoms. The van der Waals surface area contributed by atoms with Crippen LogP contribution in [0.2, 0.25) is 0 Å². The molecular formula is C16H26BrN3. The fourth-order valence-electron chi connectivity index (χ4n) is 4.43. The highest BCUT2D eigenvalue weighted by atomic mass is 79.9. The minimum Gasteiger partial charge on any atom is -0.327 e. The molecule has 2 N–H and O–H groups in total. The third kappa shape index (κ3) is 2.69. The smallest absolute Gasteiger partial charge is 0.0766 e. The maximum atomic E-state index is 6.44. The van der Waals surface area contributed by atoms with Crippen LogP contribution in [0.1, 0.15) is 50.4 Å². The van der Waals surface area contributed by atoms with Gasteiger partial charge in [-0.3, -0.25) is 4.68 Å². The predicted octanol–water partition coefficient (Wildman–Crippen LogP) is 3.44. The minimum atomic E-state index is 0.274. The molecule has 2 saturated carbocycles. The summed E-state index contributed by atoms with van der Waals surface area (Å²) in [6.45, 7) is 2.14. The predicted molar refractivity (Wildman–Crippen MR) is 85.5 cm³/mol. The van der Waals surface area contributed by atoms with Crippen molar-refractivity contribution >= 4 is 15.9 Å². The number of fused-ring (bicyclic) bond motifs is 2. The van der Waals surface area contributed by atoms with Gasteiger partial charge in [-0.15, -0.1) is 0 Å². The Hall–Kier alpha value is -0.350. The summed E-state index contributed by atoms with van der Waals surface area (Å²) >= 11 is 3.70. The van der Waals surface area contributed by atoms with Crippen LogP contribution in [0, 0.1) is 17.8 Å². The second-order valence-corrected chi connectivity index (χ2v) is 7.61. The number of halogens is 1. The van der Waals surface area contributed by atoms with Crippen molar-refractivity contribution in [2.24, 2.45) is 30.5 Å². The number of aromatic nitrogens is 2. The average molecular weight is 340 g/mol. The van der Waals surface area contributed by atoms with Crippen LogP contribution < -0.4 is 5.73 Å². The minimum absolute atomic E-state index is 0.274. The van der Waals surface area contributed by atoms with Crippen LogP contribution in [0.4, 0.5) is 0 Å². The number of rotatable bonds is 5. The lowest BCUT2D eigenvalue weighted by Crippen LogP contribution is -2.29. The van der Waals surface area contributed by atoms with Gasteiger partial charge in [-0.25, -0.2) is 0 Å². The Balaban J connectivity index is 1.61. The number of hydrogen-bond donors (Lipinski definition) is 1. The Kier molecular flexibility index (Phi) is 4.23. The van der Waals surface area contributed by atoms with E-state index < -0.39 is 0 Å². The molecular weight excluding hydrogens is 314 g/mol. The Morgan fingerprint density at radius 2 is 2.20 bits per heavy atom. The second-order valence-electron chi connectivity index (χ2n) is 6.82. The Morgan fingerprint density at radius 1 is 1.40 bits per heavy atom. The molecule has 2 fully saturated rings. The third-order valence-corrected chi connectivity index (χ3v) is 6.36. The molecule has 2 aliphatic carbocycles. The Labute approximate surface area is 130 Å². The molecule has 3 rings (SSSR count). The van der Waals surface area contributed by atoms with E-state index in [9.17, 15) is 0 Å². The van der Waals surface area contributed by atoms with E-state index in [1.807, 2.05) is 11.7 Å². The van der Waals surface area contributed by atoms with Crippen molar-refractivity contribution in [3.63, 3.8) is 0 Å². The van der Waals surface area contributed by atoms with E-state index in [0.717, 1.165) is 36.3 Å². The van der Waals surface area contributed by atoms with Crippen molar-refractivity contribution in [1.29, 1.82) is 0 Å². The Bertz CT molecular complexity index is 482. The summed E-state index contributed by atoms with van der Waals surface area (Å²) in [4.78, 5) is 0. The van der Waals surface area contributed by atoms with E-state index >= 15 is 0 Å². The summed E-state index contributed by atoms with van der Waals surface area (Å²) in [6, 6.07) is 0.274. The molecule has 1 heterocycles. The fourth-order valence-corrected chi connectivity index (χ4v) is 5.21. The molecule has 2 bridgehead atoms. The summed E-state index contributed by atoms with van der Waals surface area (Å²) in [5.41, 5.74) is 8.85. The van der Waals surface area contributed by atoms with Crippen LogP contribution in [0.5, 0.6) is 0 Å². The van der Waals surface area contributed by atoms with Crippen molar-refractivity contribution in [2.75, 3.05) is 0 Å². The maximum Gasteiger partial charge on any atom is 0.0766 e. The van der Waals surface area contributed by atoms with Gasteiger partial charge in [0.05, 0.1) is 15.9 Å². The molecule has 3 nitrogen and oxygen atoms in total. The van der Waals surface area contributed by atoms with Crippen LogP contribution in [-0.2, 0) is 19.9 Å². The summed E-state index contributed by atoms with van der Waals surface area (Å²) in [5.74, 6) is 2.89. The molecule has 1 aromatic heterocycles. The average Bonchev–Trinajstić information content (AvgIpc) is 3.09.